The lowest BCUT2D eigenvalue weighted by Gasteiger charge is -2.37. The number of benzene rings is 4. The molecule has 55 heavy (non-hydrogen) atoms. The Labute approximate surface area is 321 Å². The number of carbonyl (C=O) groups excluding carboxylic acids is 1. The van der Waals surface area contributed by atoms with Crippen molar-refractivity contribution in [3.8, 4) is 28.4 Å². The molecule has 1 amide bonds. The summed E-state index contributed by atoms with van der Waals surface area (Å²) < 4.78 is 56.9. The molecule has 0 unspecified atom stereocenters. The minimum Gasteiger partial charge on any atom is -0.497 e. The van der Waals surface area contributed by atoms with Crippen LogP contribution in [0.15, 0.2) is 102 Å². The van der Waals surface area contributed by atoms with Crippen molar-refractivity contribution in [1.82, 2.24) is 14.1 Å². The number of hydrogen-bond donors (Lipinski definition) is 1. The van der Waals surface area contributed by atoms with Crippen molar-refractivity contribution in [2.75, 3.05) is 66.4 Å². The Morgan fingerprint density at radius 3 is 2.47 bits per heavy atom. The van der Waals surface area contributed by atoms with Gasteiger partial charge in [0.1, 0.15) is 5.75 Å². The maximum atomic E-state index is 14.1. The van der Waals surface area contributed by atoms with E-state index in [1.165, 1.54) is 45.8 Å². The minimum absolute atomic E-state index is 0.00767. The van der Waals surface area contributed by atoms with Crippen LogP contribution in [0.4, 0.5) is 0 Å². The van der Waals surface area contributed by atoms with Crippen LogP contribution in [0.25, 0.3) is 11.1 Å². The molecule has 1 fully saturated rings. The highest BCUT2D eigenvalue weighted by Crippen LogP contribution is 2.40. The highest BCUT2D eigenvalue weighted by molar-refractivity contribution is 7.89. The molecule has 4 aromatic rings. The number of rotatable bonds is 13. The number of fused-ring (bicyclic) bond motifs is 4. The molecule has 0 spiro atoms. The Morgan fingerprint density at radius 1 is 0.891 bits per heavy atom. The zero-order chi connectivity index (χ0) is 37.9. The fourth-order valence-electron chi connectivity index (χ4n) is 7.75. The molecule has 1 N–H and O–H groups in total. The van der Waals surface area contributed by atoms with Gasteiger partial charge in [0.25, 0.3) is 5.91 Å². The molecule has 4 aromatic carbocycles. The monoisotopic (exact) mass is 767 g/mol. The van der Waals surface area contributed by atoms with E-state index >= 15 is 0 Å². The zero-order valence-corrected chi connectivity index (χ0v) is 31.6. The average molecular weight is 768 g/mol. The van der Waals surface area contributed by atoms with Crippen LogP contribution in [0.2, 0.25) is 0 Å². The highest BCUT2D eigenvalue weighted by atomic mass is 32.2. The van der Waals surface area contributed by atoms with E-state index in [4.69, 9.17) is 23.7 Å². The van der Waals surface area contributed by atoms with Crippen LogP contribution < -0.4 is 14.2 Å². The molecule has 3 heterocycles. The van der Waals surface area contributed by atoms with Crippen LogP contribution in [0.1, 0.15) is 34.6 Å². The van der Waals surface area contributed by atoms with Crippen molar-refractivity contribution in [3.63, 3.8) is 0 Å². The lowest BCUT2D eigenvalue weighted by Crippen LogP contribution is -2.49. The van der Waals surface area contributed by atoms with Crippen molar-refractivity contribution < 1.29 is 42.0 Å². The molecule has 288 valence electrons. The number of sulfonamides is 1. The van der Waals surface area contributed by atoms with Gasteiger partial charge in [-0.05, 0) is 82.3 Å². The molecular formula is C42H45N3O9S. The van der Waals surface area contributed by atoms with E-state index in [0.717, 1.165) is 35.6 Å². The van der Waals surface area contributed by atoms with Gasteiger partial charge >= 0.3 is 0 Å². The smallest absolute Gasteiger partial charge is 0.288 e. The Morgan fingerprint density at radius 2 is 1.67 bits per heavy atom. The van der Waals surface area contributed by atoms with E-state index in [9.17, 15) is 18.3 Å². The summed E-state index contributed by atoms with van der Waals surface area (Å²) in [6.07, 6.45) is 2.40. The van der Waals surface area contributed by atoms with Crippen LogP contribution in [0.5, 0.6) is 17.2 Å². The molecule has 0 bridgehead atoms. The molecular weight excluding hydrogens is 723 g/mol. The fourth-order valence-corrected chi connectivity index (χ4v) is 9.16. The molecule has 13 heteroatoms. The summed E-state index contributed by atoms with van der Waals surface area (Å²) in [6.45, 7) is 2.96. The van der Waals surface area contributed by atoms with Crippen molar-refractivity contribution in [2.45, 2.75) is 36.5 Å². The maximum absolute atomic E-state index is 14.1. The number of nitrogens with zero attached hydrogens (tertiary/aromatic N) is 3. The average Bonchev–Trinajstić information content (AvgIpc) is 3.84. The second kappa shape index (κ2) is 16.0. The summed E-state index contributed by atoms with van der Waals surface area (Å²) in [5, 5.41) is 9.75. The zero-order valence-electron chi connectivity index (χ0n) is 30.8. The van der Waals surface area contributed by atoms with E-state index in [1.807, 2.05) is 29.2 Å². The second-order valence-corrected chi connectivity index (χ2v) is 16.0. The fraction of sp³-hybridized carbons (Fsp3) is 0.357. The number of amides is 1. The summed E-state index contributed by atoms with van der Waals surface area (Å²) in [7, 11) is -2.42. The van der Waals surface area contributed by atoms with E-state index in [2.05, 4.69) is 47.4 Å². The summed E-state index contributed by atoms with van der Waals surface area (Å²) in [6, 6.07) is 27.0. The van der Waals surface area contributed by atoms with Gasteiger partial charge in [-0.3, -0.25) is 9.69 Å². The third-order valence-electron chi connectivity index (χ3n) is 10.7. The van der Waals surface area contributed by atoms with Gasteiger partial charge in [-0.25, -0.2) is 8.42 Å². The Kier molecular flexibility index (Phi) is 10.8. The van der Waals surface area contributed by atoms with Gasteiger partial charge in [-0.15, -0.1) is 0 Å². The van der Waals surface area contributed by atoms with Gasteiger partial charge in [-0.1, -0.05) is 48.5 Å². The summed E-state index contributed by atoms with van der Waals surface area (Å²) in [5.41, 5.74) is 7.19. The van der Waals surface area contributed by atoms with Crippen molar-refractivity contribution in [2.24, 2.45) is 0 Å². The van der Waals surface area contributed by atoms with Gasteiger partial charge in [-0.2, -0.15) is 4.31 Å². The third kappa shape index (κ3) is 7.94. The van der Waals surface area contributed by atoms with Crippen molar-refractivity contribution in [3.05, 3.63) is 119 Å². The SMILES string of the molecule is COc1ccc(S(=O)(=O)N(CCO)CCO[C@H]2C[C@@H](c3ccc4c(c3)Cc3ccccc3-4)C=C(C(=O)N3CCN(Cc4ccc5c(c4)OCO5)CC3)O2)cc1. The normalized spacial score (nSPS) is 19.1. The number of ether oxygens (including phenoxy) is 5. The molecule has 1 aliphatic carbocycles. The summed E-state index contributed by atoms with van der Waals surface area (Å²) >= 11 is 0. The topological polar surface area (TPSA) is 127 Å². The van der Waals surface area contributed by atoms with Crippen LogP contribution in [-0.4, -0.2) is 106 Å². The molecule has 12 nitrogen and oxygen atoms in total. The minimum atomic E-state index is -3.93. The predicted octanol–water partition coefficient (Wildman–Crippen LogP) is 4.75. The predicted molar refractivity (Wildman–Crippen MR) is 204 cm³/mol. The first-order valence-corrected chi connectivity index (χ1v) is 20.1. The van der Waals surface area contributed by atoms with Gasteiger partial charge < -0.3 is 33.7 Å². The Balaban J connectivity index is 0.964. The Bertz CT molecular complexity index is 2170. The van der Waals surface area contributed by atoms with Crippen LogP contribution in [-0.2, 0) is 37.3 Å². The molecule has 8 rings (SSSR count). The molecule has 0 aromatic heterocycles. The first-order chi connectivity index (χ1) is 26.8. The maximum Gasteiger partial charge on any atom is 0.288 e. The van der Waals surface area contributed by atoms with Gasteiger partial charge in [0.05, 0.1) is 25.2 Å². The quantitative estimate of drug-likeness (QED) is 0.179. The standard InChI is InChI=1S/C42H45N3O9S/c1-50-34-8-10-35(11-9-34)55(48,49)45(18-20-46)19-21-51-41-26-32(30-7-12-37-33(23-30)24-31-4-2-3-5-36(31)37)25-40(54-41)42(47)44-16-14-43(15-17-44)27-29-6-13-38-39(22-29)53-28-52-38/h2-13,22-23,25,32,41,46H,14-21,24,26-28H2,1H3/t32-,41+/m0/s1. The summed E-state index contributed by atoms with van der Waals surface area (Å²) in [4.78, 5) is 18.3. The van der Waals surface area contributed by atoms with E-state index in [1.54, 1.807) is 12.1 Å². The largest absolute Gasteiger partial charge is 0.497 e. The van der Waals surface area contributed by atoms with Crippen molar-refractivity contribution in [1.29, 1.82) is 0 Å². The first-order valence-electron chi connectivity index (χ1n) is 18.7. The molecule has 1 saturated heterocycles. The molecule has 2 atom stereocenters. The van der Waals surface area contributed by atoms with E-state index in [0.29, 0.717) is 38.3 Å². The highest BCUT2D eigenvalue weighted by Gasteiger charge is 2.34. The number of piperazine rings is 1. The van der Waals surface area contributed by atoms with E-state index < -0.39 is 16.3 Å². The number of allylic oxidation sites excluding steroid dienone is 1. The van der Waals surface area contributed by atoms with Crippen molar-refractivity contribution >= 4 is 15.9 Å². The van der Waals surface area contributed by atoms with Gasteiger partial charge in [0, 0.05) is 58.2 Å². The van der Waals surface area contributed by atoms with Crippen LogP contribution in [0.3, 0.4) is 0 Å². The number of carbonyl (C=O) groups is 1. The van der Waals surface area contributed by atoms with Gasteiger partial charge in [0.2, 0.25) is 23.1 Å². The van der Waals surface area contributed by atoms with Gasteiger partial charge in [0.15, 0.2) is 17.3 Å². The van der Waals surface area contributed by atoms with E-state index in [-0.39, 0.29) is 55.6 Å². The third-order valence-corrected chi connectivity index (χ3v) is 12.6. The second-order valence-electron chi connectivity index (χ2n) is 14.1. The lowest BCUT2D eigenvalue weighted by molar-refractivity contribution is -0.154. The number of aliphatic hydroxyl groups is 1. The molecule has 0 radical (unpaired) electrons. The number of methoxy groups -OCH3 is 1. The summed E-state index contributed by atoms with van der Waals surface area (Å²) in [5.74, 6) is 1.91. The van der Waals surface area contributed by atoms with Crippen LogP contribution >= 0.6 is 0 Å². The number of hydrogen-bond acceptors (Lipinski definition) is 10. The molecule has 3 aliphatic heterocycles. The molecule has 0 saturated carbocycles. The van der Waals surface area contributed by atoms with Crippen LogP contribution in [0, 0.1) is 0 Å². The number of aliphatic hydroxyl groups excluding tert-OH is 1. The lowest BCUT2D eigenvalue weighted by atomic mass is 9.90. The first kappa shape index (κ1) is 37.0. The molecule has 4 aliphatic rings. The Hall–Kier alpha value is -4.92.